The Labute approximate surface area is 78.2 Å². The van der Waals surface area contributed by atoms with Gasteiger partial charge in [0.25, 0.3) is 0 Å². The lowest BCUT2D eigenvalue weighted by Crippen LogP contribution is -2.35. The van der Waals surface area contributed by atoms with Crippen LogP contribution in [0.15, 0.2) is 12.5 Å². The molecule has 0 aromatic carbocycles. The Kier molecular flexibility index (Phi) is 1.85. The number of aliphatic hydroxyl groups excluding tert-OH is 1. The van der Waals surface area contributed by atoms with Gasteiger partial charge in [-0.2, -0.15) is 13.2 Å². The minimum Gasteiger partial charge on any atom is -0.390 e. The average molecular weight is 206 g/mol. The van der Waals surface area contributed by atoms with Crippen molar-refractivity contribution in [2.24, 2.45) is 0 Å². The highest BCUT2D eigenvalue weighted by Crippen LogP contribution is 2.55. The van der Waals surface area contributed by atoms with Crippen molar-refractivity contribution in [3.63, 3.8) is 0 Å². The molecule has 78 valence electrons. The first kappa shape index (κ1) is 9.51. The van der Waals surface area contributed by atoms with Gasteiger partial charge in [0.1, 0.15) is 5.54 Å². The summed E-state index contributed by atoms with van der Waals surface area (Å²) in [5.41, 5.74) is -1.60. The van der Waals surface area contributed by atoms with E-state index < -0.39 is 18.3 Å². The Hall–Kier alpha value is -1.04. The molecule has 1 aliphatic carbocycles. The number of hydrogen-bond acceptors (Lipinski definition) is 2. The zero-order chi connectivity index (χ0) is 10.4. The van der Waals surface area contributed by atoms with Crippen LogP contribution in [-0.4, -0.2) is 20.8 Å². The van der Waals surface area contributed by atoms with Crippen molar-refractivity contribution >= 4 is 0 Å². The van der Waals surface area contributed by atoms with Crippen molar-refractivity contribution in [2.75, 3.05) is 0 Å². The summed E-state index contributed by atoms with van der Waals surface area (Å²) in [6.07, 6.45) is -1.74. The zero-order valence-corrected chi connectivity index (χ0v) is 7.25. The third kappa shape index (κ3) is 1.13. The fourth-order valence-electron chi connectivity index (χ4n) is 1.60. The van der Waals surface area contributed by atoms with Crippen LogP contribution in [0.1, 0.15) is 18.5 Å². The summed E-state index contributed by atoms with van der Waals surface area (Å²) in [5.74, 6) is 0. The van der Waals surface area contributed by atoms with E-state index in [2.05, 4.69) is 4.98 Å². The van der Waals surface area contributed by atoms with Crippen LogP contribution in [0.3, 0.4) is 0 Å². The molecule has 0 atom stereocenters. The van der Waals surface area contributed by atoms with Crippen molar-refractivity contribution in [2.45, 2.75) is 31.2 Å². The maximum absolute atomic E-state index is 12.6. The molecule has 1 aliphatic rings. The van der Waals surface area contributed by atoms with Gasteiger partial charge < -0.3 is 9.67 Å². The minimum absolute atomic E-state index is 0.0693. The van der Waals surface area contributed by atoms with Gasteiger partial charge in [-0.3, -0.25) is 0 Å². The van der Waals surface area contributed by atoms with E-state index in [0.29, 0.717) is 0 Å². The van der Waals surface area contributed by atoms with Crippen LogP contribution in [0.4, 0.5) is 13.2 Å². The maximum atomic E-state index is 12.6. The number of aromatic nitrogens is 2. The average Bonchev–Trinajstić information content (AvgIpc) is 2.78. The van der Waals surface area contributed by atoms with E-state index in [1.807, 2.05) is 0 Å². The molecule has 2 rings (SSSR count). The van der Waals surface area contributed by atoms with E-state index in [1.54, 1.807) is 0 Å². The summed E-state index contributed by atoms with van der Waals surface area (Å²) in [6.45, 7) is -0.419. The van der Waals surface area contributed by atoms with Gasteiger partial charge in [-0.15, -0.1) is 0 Å². The number of hydrogen-bond donors (Lipinski definition) is 1. The molecule has 0 bridgehead atoms. The Balaban J connectivity index is 2.40. The lowest BCUT2D eigenvalue weighted by Gasteiger charge is -2.22. The van der Waals surface area contributed by atoms with Crippen molar-refractivity contribution in [1.82, 2.24) is 9.55 Å². The molecule has 1 aromatic rings. The Morgan fingerprint density at radius 2 is 2.14 bits per heavy atom. The molecule has 0 aliphatic heterocycles. The summed E-state index contributed by atoms with van der Waals surface area (Å²) < 4.78 is 39.0. The molecule has 0 saturated heterocycles. The Bertz CT molecular complexity index is 341. The van der Waals surface area contributed by atoms with E-state index in [1.165, 1.54) is 6.20 Å². The van der Waals surface area contributed by atoms with Gasteiger partial charge in [0.2, 0.25) is 0 Å². The van der Waals surface area contributed by atoms with Gasteiger partial charge in [0.15, 0.2) is 0 Å². The SMILES string of the molecule is OCc1cncn1C1(C(F)(F)F)CC1. The molecule has 0 radical (unpaired) electrons. The normalized spacial score (nSPS) is 19.7. The van der Waals surface area contributed by atoms with Crippen molar-refractivity contribution in [3.8, 4) is 0 Å². The van der Waals surface area contributed by atoms with Crippen molar-refractivity contribution in [3.05, 3.63) is 18.2 Å². The van der Waals surface area contributed by atoms with Crippen LogP contribution in [-0.2, 0) is 12.1 Å². The summed E-state index contributed by atoms with van der Waals surface area (Å²) in [6, 6.07) is 0. The van der Waals surface area contributed by atoms with Gasteiger partial charge in [0.05, 0.1) is 24.8 Å². The fourth-order valence-corrected chi connectivity index (χ4v) is 1.60. The molecule has 0 unspecified atom stereocenters. The summed E-state index contributed by atoms with van der Waals surface area (Å²) in [5, 5.41) is 8.84. The van der Waals surface area contributed by atoms with Gasteiger partial charge in [-0.05, 0) is 12.8 Å². The lowest BCUT2D eigenvalue weighted by atomic mass is 10.2. The summed E-state index contributed by atoms with van der Waals surface area (Å²) in [7, 11) is 0. The van der Waals surface area contributed by atoms with E-state index >= 15 is 0 Å². The standard InChI is InChI=1S/C8H9F3N2O/c9-8(10,11)7(1-2-7)13-5-12-3-6(13)4-14/h3,5,14H,1-2,4H2. The summed E-state index contributed by atoms with van der Waals surface area (Å²) >= 11 is 0. The first-order valence-corrected chi connectivity index (χ1v) is 4.20. The number of imidazole rings is 1. The first-order chi connectivity index (χ1) is 6.51. The van der Waals surface area contributed by atoms with Crippen molar-refractivity contribution < 1.29 is 18.3 Å². The smallest absolute Gasteiger partial charge is 0.390 e. The molecule has 6 heteroatoms. The highest BCUT2D eigenvalue weighted by atomic mass is 19.4. The van der Waals surface area contributed by atoms with Gasteiger partial charge in [0, 0.05) is 0 Å². The molecule has 1 heterocycles. The number of nitrogens with zero attached hydrogens (tertiary/aromatic N) is 2. The molecule has 1 saturated carbocycles. The third-order valence-corrected chi connectivity index (χ3v) is 2.59. The van der Waals surface area contributed by atoms with E-state index in [9.17, 15) is 13.2 Å². The third-order valence-electron chi connectivity index (χ3n) is 2.59. The van der Waals surface area contributed by atoms with Crippen LogP contribution in [0, 0.1) is 0 Å². The van der Waals surface area contributed by atoms with E-state index in [-0.39, 0.29) is 18.5 Å². The number of alkyl halides is 3. The fraction of sp³-hybridized carbons (Fsp3) is 0.625. The van der Waals surface area contributed by atoms with Gasteiger partial charge >= 0.3 is 6.18 Å². The van der Waals surface area contributed by atoms with Crippen molar-refractivity contribution in [1.29, 1.82) is 0 Å². The quantitative estimate of drug-likeness (QED) is 0.794. The zero-order valence-electron chi connectivity index (χ0n) is 7.25. The molecule has 14 heavy (non-hydrogen) atoms. The monoisotopic (exact) mass is 206 g/mol. The topological polar surface area (TPSA) is 38.1 Å². The number of aliphatic hydroxyl groups is 1. The van der Waals surface area contributed by atoms with Gasteiger partial charge in [-0.25, -0.2) is 4.98 Å². The first-order valence-electron chi connectivity index (χ1n) is 4.20. The van der Waals surface area contributed by atoms with Gasteiger partial charge in [-0.1, -0.05) is 0 Å². The van der Waals surface area contributed by atoms with E-state index in [4.69, 9.17) is 5.11 Å². The molecule has 0 spiro atoms. The summed E-state index contributed by atoms with van der Waals surface area (Å²) in [4.78, 5) is 3.62. The van der Waals surface area contributed by atoms with Crippen LogP contribution >= 0.6 is 0 Å². The second kappa shape index (κ2) is 2.73. The molecular weight excluding hydrogens is 197 g/mol. The Morgan fingerprint density at radius 1 is 1.50 bits per heavy atom. The lowest BCUT2D eigenvalue weighted by molar-refractivity contribution is -0.180. The van der Waals surface area contributed by atoms with Crippen LogP contribution in [0.5, 0.6) is 0 Å². The van der Waals surface area contributed by atoms with Crippen LogP contribution < -0.4 is 0 Å². The highest BCUT2D eigenvalue weighted by molar-refractivity contribution is 5.13. The van der Waals surface area contributed by atoms with E-state index in [0.717, 1.165) is 10.9 Å². The predicted octanol–water partition coefficient (Wildman–Crippen LogP) is 1.43. The molecule has 3 nitrogen and oxygen atoms in total. The highest BCUT2D eigenvalue weighted by Gasteiger charge is 2.65. The molecular formula is C8H9F3N2O. The number of rotatable bonds is 2. The number of halogens is 3. The largest absolute Gasteiger partial charge is 0.411 e. The second-order valence-corrected chi connectivity index (χ2v) is 3.44. The molecule has 0 amide bonds. The molecule has 1 aromatic heterocycles. The maximum Gasteiger partial charge on any atom is 0.411 e. The Morgan fingerprint density at radius 3 is 2.57 bits per heavy atom. The molecule has 1 N–H and O–H groups in total. The van der Waals surface area contributed by atoms with Crippen LogP contribution in [0.25, 0.3) is 0 Å². The minimum atomic E-state index is -4.27. The second-order valence-electron chi connectivity index (χ2n) is 3.44. The predicted molar refractivity (Wildman–Crippen MR) is 41.4 cm³/mol. The van der Waals surface area contributed by atoms with Crippen LogP contribution in [0.2, 0.25) is 0 Å². The molecule has 1 fully saturated rings.